The summed E-state index contributed by atoms with van der Waals surface area (Å²) in [5, 5.41) is 3.02. The monoisotopic (exact) mass is 353 g/mol. The number of carbonyl (C=O) groups is 2. The molecule has 2 atom stereocenters. The number of amides is 2. The molecule has 23 heavy (non-hydrogen) atoms. The van der Waals surface area contributed by atoms with E-state index in [1.807, 2.05) is 11.0 Å². The molecule has 0 saturated carbocycles. The van der Waals surface area contributed by atoms with E-state index in [9.17, 15) is 9.59 Å². The number of benzene rings is 1. The van der Waals surface area contributed by atoms with Crippen molar-refractivity contribution >= 4 is 40.9 Å². The van der Waals surface area contributed by atoms with E-state index in [1.165, 1.54) is 11.8 Å². The van der Waals surface area contributed by atoms with Crippen LogP contribution in [0, 0.1) is 0 Å². The molecular formula is C16H20ClN3O2S. The van der Waals surface area contributed by atoms with Crippen molar-refractivity contribution in [3.8, 4) is 0 Å². The van der Waals surface area contributed by atoms with Gasteiger partial charge in [0.1, 0.15) is 0 Å². The number of halogens is 1. The molecule has 0 radical (unpaired) electrons. The summed E-state index contributed by atoms with van der Waals surface area (Å²) in [6.07, 6.45) is 3.27. The summed E-state index contributed by atoms with van der Waals surface area (Å²) in [4.78, 5) is 27.7. The van der Waals surface area contributed by atoms with Crippen LogP contribution >= 0.6 is 23.4 Å². The van der Waals surface area contributed by atoms with Gasteiger partial charge in [-0.3, -0.25) is 9.59 Å². The lowest BCUT2D eigenvalue weighted by Crippen LogP contribution is -2.48. The van der Waals surface area contributed by atoms with Gasteiger partial charge in [-0.2, -0.15) is 0 Å². The summed E-state index contributed by atoms with van der Waals surface area (Å²) in [7, 11) is 0. The van der Waals surface area contributed by atoms with Gasteiger partial charge in [-0.05, 0) is 37.5 Å². The summed E-state index contributed by atoms with van der Waals surface area (Å²) in [5.74, 6) is -0.121. The van der Waals surface area contributed by atoms with Gasteiger partial charge in [-0.25, -0.2) is 0 Å². The molecule has 1 saturated heterocycles. The molecule has 2 amide bonds. The second-order valence-corrected chi connectivity index (χ2v) is 7.59. The molecule has 124 valence electrons. The van der Waals surface area contributed by atoms with E-state index < -0.39 is 5.25 Å². The molecule has 3 rings (SSSR count). The highest BCUT2D eigenvalue weighted by atomic mass is 35.5. The Hall–Kier alpha value is -1.24. The lowest BCUT2D eigenvalue weighted by molar-refractivity contribution is -0.135. The number of carbonyl (C=O) groups excluding carboxylic acids is 2. The number of fused-ring (bicyclic) bond motifs is 1. The van der Waals surface area contributed by atoms with E-state index in [1.54, 1.807) is 12.1 Å². The predicted octanol–water partition coefficient (Wildman–Crippen LogP) is 2.48. The minimum Gasteiger partial charge on any atom is -0.338 e. The van der Waals surface area contributed by atoms with Crippen molar-refractivity contribution < 1.29 is 9.59 Å². The number of thioether (sulfide) groups is 1. The summed E-state index contributed by atoms with van der Waals surface area (Å²) in [6, 6.07) is 5.51. The van der Waals surface area contributed by atoms with E-state index in [-0.39, 0.29) is 24.3 Å². The van der Waals surface area contributed by atoms with Crippen LogP contribution in [-0.2, 0) is 9.59 Å². The van der Waals surface area contributed by atoms with Crippen LogP contribution in [-0.4, -0.2) is 41.1 Å². The third-order valence-electron chi connectivity index (χ3n) is 4.34. The van der Waals surface area contributed by atoms with Crippen LogP contribution in [0.4, 0.5) is 5.69 Å². The molecule has 2 aliphatic heterocycles. The Labute approximate surface area is 144 Å². The second kappa shape index (κ2) is 7.11. The molecule has 0 aromatic heterocycles. The van der Waals surface area contributed by atoms with Gasteiger partial charge in [0.05, 0.1) is 10.9 Å². The molecular weight excluding hydrogens is 334 g/mol. The largest absolute Gasteiger partial charge is 0.338 e. The number of hydrogen-bond acceptors (Lipinski definition) is 4. The normalized spacial score (nSPS) is 24.1. The average molecular weight is 354 g/mol. The van der Waals surface area contributed by atoms with Crippen molar-refractivity contribution in [1.29, 1.82) is 0 Å². The van der Waals surface area contributed by atoms with Gasteiger partial charge in [-0.15, -0.1) is 11.8 Å². The van der Waals surface area contributed by atoms with E-state index >= 15 is 0 Å². The first-order valence-corrected chi connectivity index (χ1v) is 9.11. The van der Waals surface area contributed by atoms with Crippen molar-refractivity contribution in [2.45, 2.75) is 41.9 Å². The van der Waals surface area contributed by atoms with Crippen molar-refractivity contribution in [3.63, 3.8) is 0 Å². The highest BCUT2D eigenvalue weighted by Crippen LogP contribution is 2.38. The van der Waals surface area contributed by atoms with Crippen LogP contribution in [0.1, 0.15) is 25.7 Å². The average Bonchev–Trinajstić information content (AvgIpc) is 2.55. The molecule has 7 heteroatoms. The molecule has 2 unspecified atom stereocenters. The molecule has 3 N–H and O–H groups in total. The van der Waals surface area contributed by atoms with E-state index in [4.69, 9.17) is 17.3 Å². The maximum Gasteiger partial charge on any atom is 0.238 e. The number of nitrogens with zero attached hydrogens (tertiary/aromatic N) is 1. The lowest BCUT2D eigenvalue weighted by Gasteiger charge is -2.36. The fraction of sp³-hybridized carbons (Fsp3) is 0.500. The molecule has 2 heterocycles. The van der Waals surface area contributed by atoms with Crippen molar-refractivity contribution in [3.05, 3.63) is 23.2 Å². The Morgan fingerprint density at radius 1 is 1.43 bits per heavy atom. The van der Waals surface area contributed by atoms with Crippen LogP contribution in [0.2, 0.25) is 5.02 Å². The molecule has 1 fully saturated rings. The quantitative estimate of drug-likeness (QED) is 0.875. The Kier molecular flexibility index (Phi) is 5.14. The van der Waals surface area contributed by atoms with Crippen LogP contribution in [0.15, 0.2) is 23.1 Å². The summed E-state index contributed by atoms with van der Waals surface area (Å²) >= 11 is 7.37. The maximum absolute atomic E-state index is 12.6. The van der Waals surface area contributed by atoms with Gasteiger partial charge < -0.3 is 16.0 Å². The fourth-order valence-electron chi connectivity index (χ4n) is 3.11. The number of likely N-dealkylation sites (tertiary alicyclic amines) is 1. The van der Waals surface area contributed by atoms with Gasteiger partial charge in [0, 0.05) is 35.5 Å². The number of nitrogens with one attached hydrogen (secondary N) is 1. The molecule has 0 spiro atoms. The molecule has 1 aromatic carbocycles. The van der Waals surface area contributed by atoms with Gasteiger partial charge in [0.2, 0.25) is 11.8 Å². The van der Waals surface area contributed by atoms with Crippen molar-refractivity contribution in [2.75, 3.05) is 18.4 Å². The first-order chi connectivity index (χ1) is 11.1. The number of nitrogens with two attached hydrogens (primary N) is 1. The highest BCUT2D eigenvalue weighted by Gasteiger charge is 2.33. The predicted molar refractivity (Wildman–Crippen MR) is 92.8 cm³/mol. The Balaban J connectivity index is 1.69. The zero-order chi connectivity index (χ0) is 16.4. The summed E-state index contributed by atoms with van der Waals surface area (Å²) in [6.45, 7) is 1.23. The molecule has 0 aliphatic carbocycles. The number of piperidine rings is 1. The third kappa shape index (κ3) is 3.65. The Morgan fingerprint density at radius 2 is 2.26 bits per heavy atom. The lowest BCUT2D eigenvalue weighted by atomic mass is 10.0. The number of rotatable bonds is 3. The SMILES string of the molecule is NCC1CCCCN1C(=O)CC1Sc2ccc(Cl)cc2NC1=O. The molecule has 2 aliphatic rings. The summed E-state index contributed by atoms with van der Waals surface area (Å²) in [5.41, 5.74) is 6.50. The fourth-order valence-corrected chi connectivity index (χ4v) is 4.36. The minimum atomic E-state index is -0.406. The molecule has 1 aromatic rings. The zero-order valence-corrected chi connectivity index (χ0v) is 14.3. The Bertz CT molecular complexity index is 625. The van der Waals surface area contributed by atoms with Gasteiger partial charge in [-0.1, -0.05) is 11.6 Å². The van der Waals surface area contributed by atoms with E-state index in [0.717, 1.165) is 30.7 Å². The first-order valence-electron chi connectivity index (χ1n) is 7.85. The third-order valence-corrected chi connectivity index (χ3v) is 5.85. The van der Waals surface area contributed by atoms with Crippen molar-refractivity contribution in [1.82, 2.24) is 4.90 Å². The highest BCUT2D eigenvalue weighted by molar-refractivity contribution is 8.01. The standard InChI is InChI=1S/C16H20ClN3O2S/c17-10-4-5-13-12(7-10)19-16(22)14(23-13)8-15(21)20-6-2-1-3-11(20)9-18/h4-5,7,11,14H,1-3,6,8-9,18H2,(H,19,22). The van der Waals surface area contributed by atoms with Crippen LogP contribution in [0.25, 0.3) is 0 Å². The smallest absolute Gasteiger partial charge is 0.238 e. The zero-order valence-electron chi connectivity index (χ0n) is 12.8. The van der Waals surface area contributed by atoms with Crippen LogP contribution in [0.3, 0.4) is 0 Å². The minimum absolute atomic E-state index is 0.0187. The summed E-state index contributed by atoms with van der Waals surface area (Å²) < 4.78 is 0. The topological polar surface area (TPSA) is 75.4 Å². The second-order valence-electron chi connectivity index (χ2n) is 5.91. The van der Waals surface area contributed by atoms with Gasteiger partial charge in [0.25, 0.3) is 0 Å². The van der Waals surface area contributed by atoms with E-state index in [2.05, 4.69) is 5.32 Å². The number of hydrogen-bond donors (Lipinski definition) is 2. The van der Waals surface area contributed by atoms with Crippen molar-refractivity contribution in [2.24, 2.45) is 5.73 Å². The van der Waals surface area contributed by atoms with Gasteiger partial charge in [0.15, 0.2) is 0 Å². The van der Waals surface area contributed by atoms with Gasteiger partial charge >= 0.3 is 0 Å². The maximum atomic E-state index is 12.6. The number of anilines is 1. The molecule has 0 bridgehead atoms. The Morgan fingerprint density at radius 3 is 3.04 bits per heavy atom. The van der Waals surface area contributed by atoms with Crippen LogP contribution in [0.5, 0.6) is 0 Å². The van der Waals surface area contributed by atoms with Crippen LogP contribution < -0.4 is 11.1 Å². The van der Waals surface area contributed by atoms with E-state index in [0.29, 0.717) is 17.3 Å². The molecule has 5 nitrogen and oxygen atoms in total. The first kappa shape index (κ1) is 16.6.